The molecule has 1 aliphatic heterocycles. The maximum atomic E-state index is 6.05. The lowest BCUT2D eigenvalue weighted by Crippen LogP contribution is -2.44. The second kappa shape index (κ2) is 10.4. The molecular weight excluding hydrogens is 423 g/mol. The van der Waals surface area contributed by atoms with Crippen LogP contribution in [0.25, 0.3) is 0 Å². The van der Waals surface area contributed by atoms with E-state index < -0.39 is 0 Å². The van der Waals surface area contributed by atoms with Crippen LogP contribution in [0.4, 0.5) is 0 Å². The van der Waals surface area contributed by atoms with E-state index in [-0.39, 0.29) is 24.0 Å². The normalized spacial score (nSPS) is 19.1. The first-order valence-corrected chi connectivity index (χ1v) is 8.31. The predicted octanol–water partition coefficient (Wildman–Crippen LogP) is 3.31. The average molecular weight is 451 g/mol. The number of hydrogen-bond acceptors (Lipinski definition) is 2. The quantitative estimate of drug-likeness (QED) is 0.434. The van der Waals surface area contributed by atoms with Crippen LogP contribution < -0.4 is 5.32 Å². The fraction of sp³-hybridized carbons (Fsp3) is 0.588. The molecule has 1 unspecified atom stereocenters. The molecule has 6 heteroatoms. The number of piperidine rings is 1. The topological polar surface area (TPSA) is 30.9 Å². The fourth-order valence-electron chi connectivity index (χ4n) is 3.04. The highest BCUT2D eigenvalue weighted by Gasteiger charge is 2.18. The number of rotatable bonds is 4. The number of nitrogens with one attached hydrogen (secondary N) is 1. The summed E-state index contributed by atoms with van der Waals surface area (Å²) in [7, 11) is 6.10. The number of nitrogens with zero attached hydrogens (tertiary/aromatic N) is 3. The molecule has 4 nitrogen and oxygen atoms in total. The molecule has 0 aromatic heterocycles. The van der Waals surface area contributed by atoms with Crippen molar-refractivity contribution in [1.29, 1.82) is 0 Å². The smallest absolute Gasteiger partial charge is 0.193 e. The average Bonchev–Trinajstić information content (AvgIpc) is 2.48. The van der Waals surface area contributed by atoms with Crippen LogP contribution in [-0.2, 0) is 6.54 Å². The molecule has 1 N–H and O–H groups in total. The highest BCUT2D eigenvalue weighted by molar-refractivity contribution is 14.0. The number of likely N-dealkylation sites (tertiary alicyclic amines) is 1. The zero-order valence-electron chi connectivity index (χ0n) is 14.3. The van der Waals surface area contributed by atoms with Crippen LogP contribution >= 0.6 is 35.6 Å². The van der Waals surface area contributed by atoms with Crippen molar-refractivity contribution in [1.82, 2.24) is 15.1 Å². The first-order chi connectivity index (χ1) is 10.6. The Balaban J connectivity index is 0.00000264. The van der Waals surface area contributed by atoms with E-state index in [2.05, 4.69) is 40.3 Å². The Labute approximate surface area is 162 Å². The van der Waals surface area contributed by atoms with Crippen LogP contribution in [0.2, 0.25) is 5.02 Å². The molecule has 0 aliphatic carbocycles. The van der Waals surface area contributed by atoms with Gasteiger partial charge in [0.2, 0.25) is 0 Å². The molecule has 1 aromatic carbocycles. The number of hydrogen-bond donors (Lipinski definition) is 1. The van der Waals surface area contributed by atoms with Gasteiger partial charge in [-0.3, -0.25) is 4.99 Å². The minimum Gasteiger partial charge on any atom is -0.356 e. The first kappa shape index (κ1) is 20.5. The lowest BCUT2D eigenvalue weighted by Gasteiger charge is -2.31. The molecule has 1 atom stereocenters. The summed E-state index contributed by atoms with van der Waals surface area (Å²) < 4.78 is 0. The molecule has 0 bridgehead atoms. The van der Waals surface area contributed by atoms with Crippen molar-refractivity contribution in [3.63, 3.8) is 0 Å². The van der Waals surface area contributed by atoms with Gasteiger partial charge in [0.15, 0.2) is 5.96 Å². The minimum absolute atomic E-state index is 0. The molecule has 0 saturated carbocycles. The molecular formula is C17H28ClIN4. The second-order valence-corrected chi connectivity index (χ2v) is 6.62. The van der Waals surface area contributed by atoms with Crippen molar-refractivity contribution >= 4 is 41.5 Å². The molecule has 0 amide bonds. The summed E-state index contributed by atoms with van der Waals surface area (Å²) in [6.45, 7) is 4.17. The molecule has 1 aliphatic rings. The maximum Gasteiger partial charge on any atom is 0.193 e. The SMILES string of the molecule is CN=C(NCC1CCCN(C)C1)N(C)Cc1cccc(Cl)c1.I. The van der Waals surface area contributed by atoms with Gasteiger partial charge in [-0.05, 0) is 50.0 Å². The lowest BCUT2D eigenvalue weighted by atomic mass is 9.98. The van der Waals surface area contributed by atoms with Crippen molar-refractivity contribution in [3.8, 4) is 0 Å². The van der Waals surface area contributed by atoms with Crippen LogP contribution in [0.15, 0.2) is 29.3 Å². The highest BCUT2D eigenvalue weighted by Crippen LogP contribution is 2.14. The molecule has 1 heterocycles. The summed E-state index contributed by atoms with van der Waals surface area (Å²) in [4.78, 5) is 8.94. The first-order valence-electron chi connectivity index (χ1n) is 7.93. The van der Waals surface area contributed by atoms with Crippen LogP contribution in [0.5, 0.6) is 0 Å². The molecule has 130 valence electrons. The summed E-state index contributed by atoms with van der Waals surface area (Å²) in [5.74, 6) is 1.64. The zero-order valence-corrected chi connectivity index (χ0v) is 17.3. The third kappa shape index (κ3) is 6.85. The Bertz CT molecular complexity index is 509. The van der Waals surface area contributed by atoms with E-state index in [1.807, 2.05) is 25.2 Å². The fourth-order valence-corrected chi connectivity index (χ4v) is 3.26. The highest BCUT2D eigenvalue weighted by atomic mass is 127. The van der Waals surface area contributed by atoms with E-state index in [0.717, 1.165) is 24.1 Å². The van der Waals surface area contributed by atoms with E-state index in [1.54, 1.807) is 0 Å². The number of halogens is 2. The Hall–Kier alpha value is -0.530. The van der Waals surface area contributed by atoms with E-state index in [1.165, 1.54) is 31.5 Å². The second-order valence-electron chi connectivity index (χ2n) is 6.18. The van der Waals surface area contributed by atoms with Gasteiger partial charge < -0.3 is 15.1 Å². The van der Waals surface area contributed by atoms with Gasteiger partial charge in [-0.15, -0.1) is 24.0 Å². The summed E-state index contributed by atoms with van der Waals surface area (Å²) >= 11 is 6.05. The van der Waals surface area contributed by atoms with Crippen LogP contribution in [0.1, 0.15) is 18.4 Å². The van der Waals surface area contributed by atoms with Crippen molar-refractivity contribution in [2.75, 3.05) is 40.8 Å². The van der Waals surface area contributed by atoms with Crippen LogP contribution in [-0.4, -0.2) is 56.5 Å². The van der Waals surface area contributed by atoms with Gasteiger partial charge >= 0.3 is 0 Å². The van der Waals surface area contributed by atoms with Gasteiger partial charge in [0.05, 0.1) is 0 Å². The molecule has 1 aromatic rings. The van der Waals surface area contributed by atoms with Crippen LogP contribution in [0.3, 0.4) is 0 Å². The molecule has 2 rings (SSSR count). The number of benzene rings is 1. The third-order valence-electron chi connectivity index (χ3n) is 4.15. The van der Waals surface area contributed by atoms with Gasteiger partial charge in [-0.25, -0.2) is 0 Å². The van der Waals surface area contributed by atoms with Crippen molar-refractivity contribution in [3.05, 3.63) is 34.9 Å². The van der Waals surface area contributed by atoms with E-state index in [0.29, 0.717) is 5.92 Å². The summed E-state index contributed by atoms with van der Waals surface area (Å²) in [6, 6.07) is 7.98. The third-order valence-corrected chi connectivity index (χ3v) is 4.39. The molecule has 0 spiro atoms. The van der Waals surface area contributed by atoms with Gasteiger partial charge in [-0.1, -0.05) is 23.7 Å². The minimum atomic E-state index is 0. The summed E-state index contributed by atoms with van der Waals surface area (Å²) in [6.07, 6.45) is 2.59. The lowest BCUT2D eigenvalue weighted by molar-refractivity contribution is 0.209. The van der Waals surface area contributed by atoms with E-state index in [4.69, 9.17) is 11.6 Å². The summed E-state index contributed by atoms with van der Waals surface area (Å²) in [5.41, 5.74) is 1.19. The Morgan fingerprint density at radius 3 is 2.91 bits per heavy atom. The Kier molecular flexibility index (Phi) is 9.24. The van der Waals surface area contributed by atoms with E-state index in [9.17, 15) is 0 Å². The standard InChI is InChI=1S/C17H27ClN4.HI/c1-19-17(20-11-15-7-5-9-21(2)12-15)22(3)13-14-6-4-8-16(18)10-14;/h4,6,8,10,15H,5,7,9,11-13H2,1-3H3,(H,19,20);1H. The van der Waals surface area contributed by atoms with Crippen molar-refractivity contribution in [2.45, 2.75) is 19.4 Å². The number of guanidine groups is 1. The molecule has 1 saturated heterocycles. The summed E-state index contributed by atoms with van der Waals surface area (Å²) in [5, 5.41) is 4.29. The predicted molar refractivity (Wildman–Crippen MR) is 110 cm³/mol. The van der Waals surface area contributed by atoms with Crippen LogP contribution in [0, 0.1) is 5.92 Å². The van der Waals surface area contributed by atoms with Gasteiger partial charge in [0.1, 0.15) is 0 Å². The van der Waals surface area contributed by atoms with Crippen molar-refractivity contribution in [2.24, 2.45) is 10.9 Å². The van der Waals surface area contributed by atoms with E-state index >= 15 is 0 Å². The number of aliphatic imine (C=N–C) groups is 1. The van der Waals surface area contributed by atoms with Gasteiger partial charge in [0, 0.05) is 38.8 Å². The Morgan fingerprint density at radius 1 is 1.48 bits per heavy atom. The maximum absolute atomic E-state index is 6.05. The Morgan fingerprint density at radius 2 is 2.26 bits per heavy atom. The van der Waals surface area contributed by atoms with Gasteiger partial charge in [0.25, 0.3) is 0 Å². The molecule has 0 radical (unpaired) electrons. The molecule has 1 fully saturated rings. The zero-order chi connectivity index (χ0) is 15.9. The molecule has 23 heavy (non-hydrogen) atoms. The van der Waals surface area contributed by atoms with Crippen molar-refractivity contribution < 1.29 is 0 Å². The monoisotopic (exact) mass is 450 g/mol. The largest absolute Gasteiger partial charge is 0.356 e. The van der Waals surface area contributed by atoms with Gasteiger partial charge in [-0.2, -0.15) is 0 Å².